The Morgan fingerprint density at radius 2 is 1.79 bits per heavy atom. The normalized spacial score (nSPS) is 14.8. The lowest BCUT2D eigenvalue weighted by Gasteiger charge is -2.16. The van der Waals surface area contributed by atoms with Crippen molar-refractivity contribution < 1.29 is 13.2 Å². The molecule has 1 fully saturated rings. The highest BCUT2D eigenvalue weighted by Crippen LogP contribution is 2.23. The first kappa shape index (κ1) is 19.4. The van der Waals surface area contributed by atoms with E-state index in [1.54, 1.807) is 29.1 Å². The number of aromatic nitrogens is 2. The third kappa shape index (κ3) is 4.38. The second-order valence-corrected chi connectivity index (χ2v) is 8.93. The average molecular weight is 410 g/mol. The van der Waals surface area contributed by atoms with Crippen LogP contribution in [0.1, 0.15) is 18.4 Å². The third-order valence-corrected chi connectivity index (χ3v) is 6.74. The SMILES string of the molecule is O=C(Cc1cnn(-c2ccccc2)c1)Nc1cccc(S(=O)(=O)N2CCCC2)c1. The molecule has 0 spiro atoms. The highest BCUT2D eigenvalue weighted by molar-refractivity contribution is 7.89. The first-order valence-corrected chi connectivity index (χ1v) is 11.0. The van der Waals surface area contributed by atoms with Gasteiger partial charge < -0.3 is 5.32 Å². The van der Waals surface area contributed by atoms with Crippen molar-refractivity contribution in [2.75, 3.05) is 18.4 Å². The van der Waals surface area contributed by atoms with Crippen molar-refractivity contribution in [1.29, 1.82) is 0 Å². The summed E-state index contributed by atoms with van der Waals surface area (Å²) in [6.07, 6.45) is 5.37. The number of carbonyl (C=O) groups excluding carboxylic acids is 1. The maximum atomic E-state index is 12.7. The predicted molar refractivity (Wildman–Crippen MR) is 110 cm³/mol. The lowest BCUT2D eigenvalue weighted by Crippen LogP contribution is -2.28. The van der Waals surface area contributed by atoms with E-state index in [2.05, 4.69) is 10.4 Å². The van der Waals surface area contributed by atoms with Crippen molar-refractivity contribution in [1.82, 2.24) is 14.1 Å². The summed E-state index contributed by atoms with van der Waals surface area (Å²) in [4.78, 5) is 12.6. The van der Waals surface area contributed by atoms with Gasteiger partial charge in [0.15, 0.2) is 0 Å². The van der Waals surface area contributed by atoms with Crippen LogP contribution in [0.25, 0.3) is 5.69 Å². The Labute approximate surface area is 170 Å². The molecule has 1 amide bonds. The highest BCUT2D eigenvalue weighted by atomic mass is 32.2. The number of hydrogen-bond donors (Lipinski definition) is 1. The molecule has 2 heterocycles. The number of hydrogen-bond acceptors (Lipinski definition) is 4. The Morgan fingerprint density at radius 1 is 1.03 bits per heavy atom. The predicted octanol–water partition coefficient (Wildman–Crippen LogP) is 2.84. The van der Waals surface area contributed by atoms with Crippen molar-refractivity contribution in [2.24, 2.45) is 0 Å². The fourth-order valence-corrected chi connectivity index (χ4v) is 4.94. The van der Waals surface area contributed by atoms with E-state index in [1.807, 2.05) is 36.5 Å². The van der Waals surface area contributed by atoms with Crippen molar-refractivity contribution >= 4 is 21.6 Å². The Bertz CT molecular complexity index is 1100. The largest absolute Gasteiger partial charge is 0.326 e. The van der Waals surface area contributed by atoms with Gasteiger partial charge >= 0.3 is 0 Å². The van der Waals surface area contributed by atoms with Gasteiger partial charge in [-0.05, 0) is 48.7 Å². The van der Waals surface area contributed by atoms with E-state index < -0.39 is 10.0 Å². The first-order valence-electron chi connectivity index (χ1n) is 9.51. The summed E-state index contributed by atoms with van der Waals surface area (Å²) >= 11 is 0. The zero-order valence-electron chi connectivity index (χ0n) is 15.9. The number of nitrogens with one attached hydrogen (secondary N) is 1. The zero-order chi connectivity index (χ0) is 20.3. The van der Waals surface area contributed by atoms with E-state index in [9.17, 15) is 13.2 Å². The summed E-state index contributed by atoms with van der Waals surface area (Å²) in [7, 11) is -3.51. The smallest absolute Gasteiger partial charge is 0.243 e. The van der Waals surface area contributed by atoms with Crippen molar-refractivity contribution in [3.63, 3.8) is 0 Å². The van der Waals surface area contributed by atoms with Crippen LogP contribution < -0.4 is 5.32 Å². The van der Waals surface area contributed by atoms with Gasteiger partial charge in [0.2, 0.25) is 15.9 Å². The zero-order valence-corrected chi connectivity index (χ0v) is 16.7. The number of benzene rings is 2. The van der Waals surface area contributed by atoms with Gasteiger partial charge in [-0.3, -0.25) is 4.79 Å². The molecule has 0 unspecified atom stereocenters. The van der Waals surface area contributed by atoms with Gasteiger partial charge in [-0.15, -0.1) is 0 Å². The van der Waals surface area contributed by atoms with E-state index in [1.165, 1.54) is 10.4 Å². The summed E-state index contributed by atoms with van der Waals surface area (Å²) in [6, 6.07) is 16.1. The summed E-state index contributed by atoms with van der Waals surface area (Å²) in [6.45, 7) is 1.09. The maximum Gasteiger partial charge on any atom is 0.243 e. The molecular formula is C21H22N4O3S. The van der Waals surface area contributed by atoms with E-state index in [-0.39, 0.29) is 17.2 Å². The number of para-hydroxylation sites is 1. The number of rotatable bonds is 6. The fourth-order valence-electron chi connectivity index (χ4n) is 3.38. The number of anilines is 1. The van der Waals surface area contributed by atoms with Crippen molar-refractivity contribution in [3.05, 3.63) is 72.6 Å². The Kier molecular flexibility index (Phi) is 5.46. The highest BCUT2D eigenvalue weighted by Gasteiger charge is 2.27. The van der Waals surface area contributed by atoms with Crippen molar-refractivity contribution in [2.45, 2.75) is 24.2 Å². The molecule has 1 N–H and O–H groups in total. The molecule has 1 saturated heterocycles. The molecule has 1 aromatic heterocycles. The van der Waals surface area contributed by atoms with Gasteiger partial charge in [0, 0.05) is 25.0 Å². The average Bonchev–Trinajstić information content (AvgIpc) is 3.41. The second-order valence-electron chi connectivity index (χ2n) is 6.99. The molecule has 0 aliphatic carbocycles. The first-order chi connectivity index (χ1) is 14.0. The van der Waals surface area contributed by atoms with E-state index in [0.29, 0.717) is 18.8 Å². The molecule has 4 rings (SSSR count). The minimum atomic E-state index is -3.51. The number of amides is 1. The van der Waals surface area contributed by atoms with Gasteiger partial charge in [0.1, 0.15) is 0 Å². The van der Waals surface area contributed by atoms with Crippen LogP contribution in [-0.4, -0.2) is 41.5 Å². The van der Waals surface area contributed by atoms with Crippen LogP contribution in [0.5, 0.6) is 0 Å². The van der Waals surface area contributed by atoms with Crippen LogP contribution in [0.2, 0.25) is 0 Å². The Morgan fingerprint density at radius 3 is 2.55 bits per heavy atom. The molecule has 0 bridgehead atoms. The number of sulfonamides is 1. The van der Waals surface area contributed by atoms with Crippen LogP contribution in [0.3, 0.4) is 0 Å². The molecule has 29 heavy (non-hydrogen) atoms. The van der Waals surface area contributed by atoms with Crippen molar-refractivity contribution in [3.8, 4) is 5.69 Å². The monoisotopic (exact) mass is 410 g/mol. The number of carbonyl (C=O) groups is 1. The fraction of sp³-hybridized carbons (Fsp3) is 0.238. The molecule has 0 saturated carbocycles. The minimum absolute atomic E-state index is 0.149. The summed E-state index contributed by atoms with van der Waals surface area (Å²) in [5, 5.41) is 7.07. The standard InChI is InChI=1S/C21H22N4O3S/c26-21(13-17-15-22-25(16-17)19-8-2-1-3-9-19)23-18-7-6-10-20(14-18)29(27,28)24-11-4-5-12-24/h1-3,6-10,14-16H,4-5,11-13H2,(H,23,26). The maximum absolute atomic E-state index is 12.7. The van der Waals surface area contributed by atoms with Gasteiger partial charge in [0.25, 0.3) is 0 Å². The number of nitrogens with zero attached hydrogens (tertiary/aromatic N) is 3. The molecule has 0 atom stereocenters. The van der Waals surface area contributed by atoms with E-state index in [0.717, 1.165) is 24.1 Å². The lowest BCUT2D eigenvalue weighted by molar-refractivity contribution is -0.115. The van der Waals surface area contributed by atoms with E-state index in [4.69, 9.17) is 0 Å². The van der Waals surface area contributed by atoms with Gasteiger partial charge in [-0.1, -0.05) is 24.3 Å². The second kappa shape index (κ2) is 8.18. The molecule has 150 valence electrons. The van der Waals surface area contributed by atoms with Crippen LogP contribution in [0.4, 0.5) is 5.69 Å². The Hall–Kier alpha value is -2.97. The third-order valence-electron chi connectivity index (χ3n) is 4.84. The Balaban J connectivity index is 1.43. The molecule has 2 aromatic carbocycles. The molecule has 3 aromatic rings. The van der Waals surface area contributed by atoms with Gasteiger partial charge in [0.05, 0.1) is 23.2 Å². The summed E-state index contributed by atoms with van der Waals surface area (Å²) in [5.74, 6) is -0.228. The van der Waals surface area contributed by atoms with Crippen LogP contribution in [0, 0.1) is 0 Å². The minimum Gasteiger partial charge on any atom is -0.326 e. The summed E-state index contributed by atoms with van der Waals surface area (Å²) < 4.78 is 28.6. The molecule has 0 radical (unpaired) electrons. The van der Waals surface area contributed by atoms with Crippen LogP contribution >= 0.6 is 0 Å². The molecule has 1 aliphatic rings. The lowest BCUT2D eigenvalue weighted by atomic mass is 10.2. The molecule has 7 nitrogen and oxygen atoms in total. The molecule has 8 heteroatoms. The summed E-state index contributed by atoms with van der Waals surface area (Å²) in [5.41, 5.74) is 2.15. The topological polar surface area (TPSA) is 84.3 Å². The molecular weight excluding hydrogens is 388 g/mol. The van der Waals surface area contributed by atoms with Crippen LogP contribution in [0.15, 0.2) is 71.9 Å². The quantitative estimate of drug-likeness (QED) is 0.677. The van der Waals surface area contributed by atoms with Crippen LogP contribution in [-0.2, 0) is 21.2 Å². The molecule has 1 aliphatic heterocycles. The van der Waals surface area contributed by atoms with Gasteiger partial charge in [-0.2, -0.15) is 9.40 Å². The van der Waals surface area contributed by atoms with Gasteiger partial charge in [-0.25, -0.2) is 13.1 Å². The van der Waals surface area contributed by atoms with E-state index >= 15 is 0 Å².